The fourth-order valence-electron chi connectivity index (χ4n) is 9.88. The van der Waals surface area contributed by atoms with Crippen LogP contribution in [0.25, 0.3) is 0 Å². The van der Waals surface area contributed by atoms with Crippen LogP contribution in [0.3, 0.4) is 0 Å². The molecule has 1 saturated heterocycles. The summed E-state index contributed by atoms with van der Waals surface area (Å²) in [5, 5.41) is 67.0. The first kappa shape index (κ1) is 43.5. The number of amides is 1. The van der Waals surface area contributed by atoms with Crippen LogP contribution in [0.5, 0.6) is 11.5 Å². The molecule has 9 rings (SSSR count). The van der Waals surface area contributed by atoms with Gasteiger partial charge in [0.2, 0.25) is 12.2 Å². The van der Waals surface area contributed by atoms with Gasteiger partial charge in [0.15, 0.2) is 40.2 Å². The van der Waals surface area contributed by atoms with Gasteiger partial charge in [-0.25, -0.2) is 0 Å². The number of nitrogens with zero attached hydrogens (tertiary/aromatic N) is 4. The average Bonchev–Trinajstić information content (AvgIpc) is 3.94. The molecule has 2 fully saturated rings. The van der Waals surface area contributed by atoms with E-state index >= 15 is 0 Å². The highest BCUT2D eigenvalue weighted by atomic mass is 16.7. The summed E-state index contributed by atoms with van der Waals surface area (Å²) in [6, 6.07) is 12.9. The number of rotatable bonds is 10. The number of aldehydes is 1. The first-order valence-corrected chi connectivity index (χ1v) is 21.2. The summed E-state index contributed by atoms with van der Waals surface area (Å²) < 4.78 is 26.5. The fraction of sp³-hybridized carbons (Fsp3) is 0.444. The summed E-state index contributed by atoms with van der Waals surface area (Å²) in [6.45, 7) is -1.79. The molecule has 19 heteroatoms. The molecule has 2 aliphatic carbocycles. The molecule has 3 aromatic rings. The lowest BCUT2D eigenvalue weighted by molar-refractivity contribution is -0.346. The van der Waals surface area contributed by atoms with Gasteiger partial charge in [-0.15, -0.1) is 0 Å². The normalized spacial score (nSPS) is 27.5. The number of guanidine groups is 1. The van der Waals surface area contributed by atoms with Crippen LogP contribution in [0, 0.1) is 0 Å². The molecular weight excluding hydrogens is 835 g/mol. The van der Waals surface area contributed by atoms with Gasteiger partial charge in [0.25, 0.3) is 0 Å². The second-order valence-corrected chi connectivity index (χ2v) is 16.8. The van der Waals surface area contributed by atoms with Crippen LogP contribution in [0.15, 0.2) is 63.5 Å². The Labute approximate surface area is 365 Å². The molecule has 336 valence electrons. The number of hydrogen-bond donors (Lipinski definition) is 7. The van der Waals surface area contributed by atoms with E-state index in [-0.39, 0.29) is 82.9 Å². The second kappa shape index (κ2) is 17.0. The molecule has 6 aliphatic rings. The number of amidine groups is 1. The number of ether oxygens (including phenoxy) is 4. The zero-order valence-corrected chi connectivity index (χ0v) is 34.5. The molecule has 0 aromatic heterocycles. The molecule has 4 aliphatic heterocycles. The van der Waals surface area contributed by atoms with Gasteiger partial charge in [-0.2, -0.15) is 9.98 Å². The SMILES string of the molecule is NC1=NC(=O)C2=NCN(c3ccccc3[C@@H]3CCOC4(CCCC4)[C@@H]4O[C@H](Oc5c3cc3c(c5OC[C@H](O)CC=O)C(=O)c5cc(CO)ccc5C3=O)[C@](O)(CCO)[C@H](O)[C@H]4O)C2=N1. The number of carbonyl (C=O) groups is 4. The Morgan fingerprint density at radius 3 is 2.52 bits per heavy atom. The molecule has 1 saturated carbocycles. The lowest BCUT2D eigenvalue weighted by Gasteiger charge is -2.52. The quantitative estimate of drug-likeness (QED) is 0.107. The molecule has 1 spiro atoms. The molecule has 2 bridgehead atoms. The van der Waals surface area contributed by atoms with Crippen molar-refractivity contribution < 1.29 is 68.8 Å². The predicted molar refractivity (Wildman–Crippen MR) is 225 cm³/mol. The first-order valence-electron chi connectivity index (χ1n) is 21.2. The van der Waals surface area contributed by atoms with E-state index in [0.717, 1.165) is 0 Å². The van der Waals surface area contributed by atoms with E-state index in [1.807, 2.05) is 0 Å². The minimum atomic E-state index is -2.51. The van der Waals surface area contributed by atoms with E-state index in [1.165, 1.54) is 24.3 Å². The largest absolute Gasteiger partial charge is 0.486 e. The van der Waals surface area contributed by atoms with Crippen LogP contribution in [0.1, 0.15) is 99.4 Å². The van der Waals surface area contributed by atoms with Gasteiger partial charge >= 0.3 is 5.91 Å². The summed E-state index contributed by atoms with van der Waals surface area (Å²) >= 11 is 0. The van der Waals surface area contributed by atoms with E-state index in [2.05, 4.69) is 15.0 Å². The Bertz CT molecular complexity index is 2520. The third kappa shape index (κ3) is 7.12. The summed E-state index contributed by atoms with van der Waals surface area (Å²) in [5.74, 6) is -3.62. The molecule has 19 nitrogen and oxygen atoms in total. The van der Waals surface area contributed by atoms with Crippen molar-refractivity contribution >= 4 is 47.0 Å². The van der Waals surface area contributed by atoms with Gasteiger partial charge < -0.3 is 65.0 Å². The van der Waals surface area contributed by atoms with E-state index in [0.29, 0.717) is 48.8 Å². The Kier molecular flexibility index (Phi) is 11.5. The highest BCUT2D eigenvalue weighted by Gasteiger charge is 2.62. The molecule has 0 radical (unpaired) electrons. The van der Waals surface area contributed by atoms with Crippen molar-refractivity contribution in [1.29, 1.82) is 0 Å². The molecule has 3 aromatic carbocycles. The number of hydrogen-bond acceptors (Lipinski definition) is 18. The smallest absolute Gasteiger partial charge is 0.302 e. The van der Waals surface area contributed by atoms with Gasteiger partial charge in [-0.05, 0) is 54.7 Å². The lowest BCUT2D eigenvalue weighted by atomic mass is 9.78. The van der Waals surface area contributed by atoms with Crippen LogP contribution < -0.4 is 20.1 Å². The third-order valence-corrected chi connectivity index (χ3v) is 13.1. The fourth-order valence-corrected chi connectivity index (χ4v) is 9.88. The Morgan fingerprint density at radius 1 is 0.984 bits per heavy atom. The Hall–Kier alpha value is -5.77. The molecule has 0 unspecified atom stereocenters. The van der Waals surface area contributed by atoms with Gasteiger partial charge in [0.1, 0.15) is 37.9 Å². The standard InChI is InChI=1S/C45H47N5O14/c46-43-48-40-32(41(59)49-43)47-21-50(40)30-6-2-1-5-25(30)24-10-16-62-44(11-3-4-12-44)39-35(57)38(58)45(60,13-15-52)42(64-39)63-36-28(24)18-29-31(37(36)61-20-23(54)9-14-51)34(56)27-17-22(19-53)7-8-26(27)33(29)55/h1-2,5-8,14,17-18,23-24,35,38-39,42,52-54,57-58,60H,3-4,9-13,15-16,19-21H2,(H2,46,49,59)/t23-,24+,35-,38-,39-,42+,45+/m1/s1. The predicted octanol–water partition coefficient (Wildman–Crippen LogP) is 0.559. The number of carbonyl (C=O) groups excluding carboxylic acids is 4. The summed E-state index contributed by atoms with van der Waals surface area (Å²) in [4.78, 5) is 68.2. The maximum atomic E-state index is 14.8. The number of aliphatic hydroxyl groups is 6. The molecule has 4 heterocycles. The molecule has 7 atom stereocenters. The van der Waals surface area contributed by atoms with Gasteiger partial charge in [-0.3, -0.25) is 19.4 Å². The number of anilines is 1. The number of aliphatic imine (C=N–C) groups is 3. The van der Waals surface area contributed by atoms with E-state index in [9.17, 15) is 49.8 Å². The number of para-hydroxylation sites is 1. The zero-order valence-electron chi connectivity index (χ0n) is 34.5. The number of benzene rings is 3. The number of nitrogens with two attached hydrogens (primary N) is 1. The van der Waals surface area contributed by atoms with Gasteiger partial charge in [-0.1, -0.05) is 37.1 Å². The summed E-state index contributed by atoms with van der Waals surface area (Å²) in [6.07, 6.45) is -6.42. The summed E-state index contributed by atoms with van der Waals surface area (Å²) in [5.41, 5.74) is 3.38. The van der Waals surface area contributed by atoms with E-state index in [1.54, 1.807) is 29.2 Å². The van der Waals surface area contributed by atoms with Crippen LogP contribution in [-0.4, -0.2) is 140 Å². The van der Waals surface area contributed by atoms with Crippen LogP contribution in [0.4, 0.5) is 5.69 Å². The van der Waals surface area contributed by atoms with Gasteiger partial charge in [0, 0.05) is 59.9 Å². The molecule has 1 amide bonds. The van der Waals surface area contributed by atoms with E-state index in [4.69, 9.17) is 24.7 Å². The topological polar surface area (TPSA) is 293 Å². The number of fused-ring (bicyclic) bond motifs is 7. The van der Waals surface area contributed by atoms with Crippen molar-refractivity contribution in [3.63, 3.8) is 0 Å². The zero-order chi connectivity index (χ0) is 45.1. The van der Waals surface area contributed by atoms with E-state index < -0.39 is 91.5 Å². The van der Waals surface area contributed by atoms with Crippen molar-refractivity contribution in [2.45, 2.75) is 99.4 Å². The highest BCUT2D eigenvalue weighted by molar-refractivity contribution is 6.72. The molecular formula is C45H47N5O14. The monoisotopic (exact) mass is 881 g/mol. The Morgan fingerprint density at radius 2 is 1.77 bits per heavy atom. The van der Waals surface area contributed by atoms with Gasteiger partial charge in [0.05, 0.1) is 23.9 Å². The van der Waals surface area contributed by atoms with Crippen molar-refractivity contribution in [1.82, 2.24) is 0 Å². The molecule has 64 heavy (non-hydrogen) atoms. The van der Waals surface area contributed by atoms with Crippen molar-refractivity contribution in [3.8, 4) is 11.5 Å². The van der Waals surface area contributed by atoms with Crippen LogP contribution in [0.2, 0.25) is 0 Å². The second-order valence-electron chi connectivity index (χ2n) is 16.8. The average molecular weight is 882 g/mol. The summed E-state index contributed by atoms with van der Waals surface area (Å²) in [7, 11) is 0. The lowest BCUT2D eigenvalue weighted by Crippen LogP contribution is -2.71. The highest BCUT2D eigenvalue weighted by Crippen LogP contribution is 2.52. The van der Waals surface area contributed by atoms with Crippen molar-refractivity contribution in [3.05, 3.63) is 87.5 Å². The minimum absolute atomic E-state index is 0.00263. The minimum Gasteiger partial charge on any atom is -0.486 e. The number of ketones is 2. The molecule has 8 N–H and O–H groups in total. The third-order valence-electron chi connectivity index (χ3n) is 13.1. The van der Waals surface area contributed by atoms with Crippen LogP contribution in [-0.2, 0) is 25.7 Å². The maximum Gasteiger partial charge on any atom is 0.302 e. The first-order chi connectivity index (χ1) is 30.8. The number of aliphatic hydroxyl groups excluding tert-OH is 5. The van der Waals surface area contributed by atoms with Crippen molar-refractivity contribution in [2.75, 3.05) is 31.4 Å². The van der Waals surface area contributed by atoms with Crippen LogP contribution >= 0.6 is 0 Å². The van der Waals surface area contributed by atoms with Crippen molar-refractivity contribution in [2.24, 2.45) is 20.7 Å². The maximum absolute atomic E-state index is 14.8. The Balaban J connectivity index is 1.32.